The van der Waals surface area contributed by atoms with E-state index < -0.39 is 0 Å². The first-order chi connectivity index (χ1) is 9.11. The summed E-state index contributed by atoms with van der Waals surface area (Å²) in [6.07, 6.45) is 0. The summed E-state index contributed by atoms with van der Waals surface area (Å²) in [6.45, 7) is 2.05. The van der Waals surface area contributed by atoms with E-state index in [1.54, 1.807) is 6.07 Å². The van der Waals surface area contributed by atoms with Gasteiger partial charge in [0.2, 0.25) is 0 Å². The lowest BCUT2D eigenvalue weighted by Gasteiger charge is -2.18. The van der Waals surface area contributed by atoms with Crippen LogP contribution in [0.4, 0.5) is 5.69 Å². The second kappa shape index (κ2) is 6.29. The van der Waals surface area contributed by atoms with E-state index in [1.165, 1.54) is 0 Å². The van der Waals surface area contributed by atoms with Crippen LogP contribution in [0.3, 0.4) is 0 Å². The zero-order valence-corrected chi connectivity index (χ0v) is 12.0. The lowest BCUT2D eigenvalue weighted by Crippen LogP contribution is -2.07. The van der Waals surface area contributed by atoms with Gasteiger partial charge in [-0.1, -0.05) is 47.5 Å². The number of halogens is 2. The largest absolute Gasteiger partial charge is 0.392 e. The third kappa shape index (κ3) is 3.41. The lowest BCUT2D eigenvalue weighted by molar-refractivity contribution is 0.282. The molecule has 19 heavy (non-hydrogen) atoms. The third-order valence-corrected chi connectivity index (χ3v) is 3.77. The number of anilines is 1. The fraction of sp³-hybridized carbons (Fsp3) is 0.200. The highest BCUT2D eigenvalue weighted by Gasteiger charge is 2.11. The fourth-order valence-electron chi connectivity index (χ4n) is 1.94. The van der Waals surface area contributed by atoms with Gasteiger partial charge < -0.3 is 10.4 Å². The summed E-state index contributed by atoms with van der Waals surface area (Å²) >= 11 is 12.2. The van der Waals surface area contributed by atoms with Crippen molar-refractivity contribution >= 4 is 28.9 Å². The molecule has 0 aliphatic carbocycles. The molecule has 0 saturated heterocycles. The Morgan fingerprint density at radius 2 is 1.89 bits per heavy atom. The molecule has 2 aromatic rings. The molecule has 1 unspecified atom stereocenters. The predicted octanol–water partition coefficient (Wildman–Crippen LogP) is 4.66. The molecule has 0 heterocycles. The van der Waals surface area contributed by atoms with Gasteiger partial charge in [0.15, 0.2) is 0 Å². The Morgan fingerprint density at radius 3 is 2.63 bits per heavy atom. The molecule has 2 rings (SSSR count). The number of rotatable bonds is 4. The molecule has 0 bridgehead atoms. The molecule has 4 heteroatoms. The van der Waals surface area contributed by atoms with Crippen LogP contribution in [0.15, 0.2) is 42.5 Å². The van der Waals surface area contributed by atoms with Gasteiger partial charge in [0, 0.05) is 5.69 Å². The molecule has 2 N–H and O–H groups in total. The van der Waals surface area contributed by atoms with E-state index >= 15 is 0 Å². The Hall–Kier alpha value is -1.22. The minimum absolute atomic E-state index is 0.0279. The van der Waals surface area contributed by atoms with Gasteiger partial charge in [-0.3, -0.25) is 0 Å². The molecule has 2 aromatic carbocycles. The second-order valence-electron chi connectivity index (χ2n) is 4.37. The molecule has 0 radical (unpaired) electrons. The van der Waals surface area contributed by atoms with E-state index in [0.717, 1.165) is 16.8 Å². The minimum atomic E-state index is 0.0279. The van der Waals surface area contributed by atoms with Crippen LogP contribution in [-0.4, -0.2) is 5.11 Å². The van der Waals surface area contributed by atoms with Crippen molar-refractivity contribution in [2.75, 3.05) is 5.32 Å². The average molecular weight is 296 g/mol. The van der Waals surface area contributed by atoms with Crippen molar-refractivity contribution in [1.29, 1.82) is 0 Å². The van der Waals surface area contributed by atoms with Crippen molar-refractivity contribution in [3.63, 3.8) is 0 Å². The molecule has 0 aliphatic heterocycles. The fourth-order valence-corrected chi connectivity index (χ4v) is 2.41. The highest BCUT2D eigenvalue weighted by Crippen LogP contribution is 2.31. The smallest absolute Gasteiger partial charge is 0.0682 e. The van der Waals surface area contributed by atoms with E-state index in [4.69, 9.17) is 28.3 Å². The first kappa shape index (κ1) is 14.2. The number of hydrogen-bond donors (Lipinski definition) is 2. The van der Waals surface area contributed by atoms with Crippen LogP contribution in [0, 0.1) is 0 Å². The van der Waals surface area contributed by atoms with E-state index in [9.17, 15) is 0 Å². The Balaban J connectivity index is 2.20. The van der Waals surface area contributed by atoms with Gasteiger partial charge in [-0.15, -0.1) is 0 Å². The first-order valence-electron chi connectivity index (χ1n) is 6.02. The molecule has 2 nitrogen and oxygen atoms in total. The summed E-state index contributed by atoms with van der Waals surface area (Å²) in [6, 6.07) is 13.3. The van der Waals surface area contributed by atoms with Gasteiger partial charge in [-0.2, -0.15) is 0 Å². The summed E-state index contributed by atoms with van der Waals surface area (Å²) in [5.74, 6) is 0. The lowest BCUT2D eigenvalue weighted by atomic mass is 10.1. The molecule has 0 fully saturated rings. The van der Waals surface area contributed by atoms with Gasteiger partial charge in [0.1, 0.15) is 0 Å². The van der Waals surface area contributed by atoms with Crippen LogP contribution in [0.25, 0.3) is 0 Å². The molecular formula is C15H15Cl2NO. The van der Waals surface area contributed by atoms with Crippen LogP contribution in [-0.2, 0) is 6.61 Å². The van der Waals surface area contributed by atoms with Crippen LogP contribution in [0.1, 0.15) is 24.1 Å². The van der Waals surface area contributed by atoms with Gasteiger partial charge in [0.05, 0.1) is 22.7 Å². The molecule has 0 aliphatic rings. The zero-order valence-electron chi connectivity index (χ0n) is 10.5. The summed E-state index contributed by atoms with van der Waals surface area (Å²) in [4.78, 5) is 0. The van der Waals surface area contributed by atoms with Crippen molar-refractivity contribution < 1.29 is 5.11 Å². The number of nitrogens with one attached hydrogen (secondary N) is 1. The molecule has 100 valence electrons. The molecule has 0 saturated carbocycles. The normalized spacial score (nSPS) is 12.2. The summed E-state index contributed by atoms with van der Waals surface area (Å²) in [7, 11) is 0. The van der Waals surface area contributed by atoms with Crippen LogP contribution < -0.4 is 5.32 Å². The SMILES string of the molecule is CC(Nc1cccc(CO)c1)c1cccc(Cl)c1Cl. The van der Waals surface area contributed by atoms with Gasteiger partial charge in [0.25, 0.3) is 0 Å². The maximum atomic E-state index is 9.13. The van der Waals surface area contributed by atoms with E-state index in [-0.39, 0.29) is 12.6 Å². The van der Waals surface area contributed by atoms with Crippen molar-refractivity contribution in [3.8, 4) is 0 Å². The maximum Gasteiger partial charge on any atom is 0.0682 e. The van der Waals surface area contributed by atoms with E-state index in [1.807, 2.05) is 43.3 Å². The molecule has 0 aromatic heterocycles. The van der Waals surface area contributed by atoms with Crippen molar-refractivity contribution in [3.05, 3.63) is 63.6 Å². The number of aliphatic hydroxyl groups is 1. The Kier molecular flexibility index (Phi) is 4.70. The van der Waals surface area contributed by atoms with Crippen LogP contribution in [0.5, 0.6) is 0 Å². The molecule has 0 spiro atoms. The van der Waals surface area contributed by atoms with E-state index in [2.05, 4.69) is 5.32 Å². The highest BCUT2D eigenvalue weighted by atomic mass is 35.5. The number of benzene rings is 2. The predicted molar refractivity (Wildman–Crippen MR) is 80.9 cm³/mol. The third-order valence-electron chi connectivity index (χ3n) is 2.94. The topological polar surface area (TPSA) is 32.3 Å². The molecule has 0 amide bonds. The van der Waals surface area contributed by atoms with Crippen molar-refractivity contribution in [2.45, 2.75) is 19.6 Å². The van der Waals surface area contributed by atoms with Crippen molar-refractivity contribution in [1.82, 2.24) is 0 Å². The maximum absolute atomic E-state index is 9.13. The standard InChI is InChI=1S/C15H15Cl2NO/c1-10(13-6-3-7-14(16)15(13)17)18-12-5-2-4-11(8-12)9-19/h2-8,10,18-19H,9H2,1H3. The van der Waals surface area contributed by atoms with Gasteiger partial charge >= 0.3 is 0 Å². The van der Waals surface area contributed by atoms with Gasteiger partial charge in [-0.25, -0.2) is 0 Å². The summed E-state index contributed by atoms with van der Waals surface area (Å²) in [5.41, 5.74) is 2.76. The highest BCUT2D eigenvalue weighted by molar-refractivity contribution is 6.42. The van der Waals surface area contributed by atoms with Crippen LogP contribution in [0.2, 0.25) is 10.0 Å². The quantitative estimate of drug-likeness (QED) is 0.860. The zero-order chi connectivity index (χ0) is 13.8. The minimum Gasteiger partial charge on any atom is -0.392 e. The van der Waals surface area contributed by atoms with Crippen molar-refractivity contribution in [2.24, 2.45) is 0 Å². The first-order valence-corrected chi connectivity index (χ1v) is 6.77. The molecular weight excluding hydrogens is 281 g/mol. The summed E-state index contributed by atoms with van der Waals surface area (Å²) < 4.78 is 0. The summed E-state index contributed by atoms with van der Waals surface area (Å²) in [5, 5.41) is 13.6. The van der Waals surface area contributed by atoms with Gasteiger partial charge in [-0.05, 0) is 36.2 Å². The van der Waals surface area contributed by atoms with E-state index in [0.29, 0.717) is 10.0 Å². The number of hydrogen-bond acceptors (Lipinski definition) is 2. The Bertz CT molecular complexity index is 572. The Labute approximate surface area is 123 Å². The Morgan fingerprint density at radius 1 is 1.16 bits per heavy atom. The monoisotopic (exact) mass is 295 g/mol. The number of aliphatic hydroxyl groups excluding tert-OH is 1. The molecule has 1 atom stereocenters. The second-order valence-corrected chi connectivity index (χ2v) is 5.15. The van der Waals surface area contributed by atoms with Crippen LogP contribution >= 0.6 is 23.2 Å². The average Bonchev–Trinajstić information content (AvgIpc) is 2.42.